The van der Waals surface area contributed by atoms with Crippen molar-refractivity contribution in [3.05, 3.63) is 46.6 Å². The minimum Gasteiger partial charge on any atom is -0.366 e. The predicted octanol–water partition coefficient (Wildman–Crippen LogP) is 12.4. The van der Waals surface area contributed by atoms with E-state index in [1.54, 1.807) is 19.3 Å². The van der Waals surface area contributed by atoms with Crippen molar-refractivity contribution in [1.29, 1.82) is 0 Å². The molecule has 5 saturated carbocycles. The van der Waals surface area contributed by atoms with Gasteiger partial charge in [0.2, 0.25) is 0 Å². The molecular weight excluding hydrogens is 627 g/mol. The number of rotatable bonds is 3. The Hall–Kier alpha value is -1.22. The van der Waals surface area contributed by atoms with E-state index in [2.05, 4.69) is 61.8 Å². The molecule has 0 N–H and O–H groups in total. The van der Waals surface area contributed by atoms with Gasteiger partial charge in [-0.25, -0.2) is 0 Å². The van der Waals surface area contributed by atoms with E-state index < -0.39 is 0 Å². The molecule has 11 rings (SSSR count). The lowest BCUT2D eigenvalue weighted by molar-refractivity contribution is -0.0185. The Bertz CT molecular complexity index is 1530. The molecule has 0 amide bonds. The lowest BCUT2D eigenvalue weighted by atomic mass is 9.21. The summed E-state index contributed by atoms with van der Waals surface area (Å²) in [5, 5.41) is 0. The van der Waals surface area contributed by atoms with Crippen molar-refractivity contribution in [3.8, 4) is 0 Å². The van der Waals surface area contributed by atoms with Crippen LogP contribution in [-0.4, -0.2) is 46.2 Å². The molecule has 282 valence electrons. The van der Waals surface area contributed by atoms with E-state index in [0.29, 0.717) is 23.0 Å². The van der Waals surface area contributed by atoms with Crippen molar-refractivity contribution < 1.29 is 0 Å². The van der Waals surface area contributed by atoms with Gasteiger partial charge in [0.25, 0.3) is 0 Å². The fraction of sp³-hybridized carbons (Fsp3) is 0.837. The van der Waals surface area contributed by atoms with E-state index >= 15 is 0 Å². The summed E-state index contributed by atoms with van der Waals surface area (Å²) >= 11 is 0. The van der Waals surface area contributed by atoms with Gasteiger partial charge in [0.15, 0.2) is 6.71 Å². The summed E-state index contributed by atoms with van der Waals surface area (Å²) in [6.07, 6.45) is 42.9. The van der Waals surface area contributed by atoms with Crippen molar-refractivity contribution in [2.45, 2.75) is 210 Å². The SMILES string of the molecule is CC1C2CC(C3=CC=CCC3)CC3B4C5=C(C=C(C6CCCCC6)CC5N5C6C4CCC(C4CCCCC4)C6C4(CCCCC4)C5(C)C)N(C1C)C32. The zero-order valence-corrected chi connectivity index (χ0v) is 33.8. The van der Waals surface area contributed by atoms with Gasteiger partial charge in [0.05, 0.1) is 0 Å². The first kappa shape index (κ1) is 34.1. The Kier molecular flexibility index (Phi) is 8.29. The molecule has 0 aromatic heterocycles. The van der Waals surface area contributed by atoms with E-state index in [1.807, 2.05) is 22.3 Å². The smallest absolute Gasteiger partial charge is 0.185 e. The van der Waals surface area contributed by atoms with Crippen LogP contribution >= 0.6 is 0 Å². The Morgan fingerprint density at radius 3 is 2.23 bits per heavy atom. The lowest BCUT2D eigenvalue weighted by Crippen LogP contribution is -2.67. The molecule has 11 aliphatic rings. The van der Waals surface area contributed by atoms with Crippen LogP contribution in [0.1, 0.15) is 169 Å². The summed E-state index contributed by atoms with van der Waals surface area (Å²) in [5.41, 5.74) is 8.40. The normalized spacial score (nSPS) is 45.4. The summed E-state index contributed by atoms with van der Waals surface area (Å²) in [6.45, 7) is 11.9. The van der Waals surface area contributed by atoms with Gasteiger partial charge in [-0.15, -0.1) is 0 Å². The minimum absolute atomic E-state index is 0.290. The van der Waals surface area contributed by atoms with Gasteiger partial charge in [-0.2, -0.15) is 0 Å². The van der Waals surface area contributed by atoms with Crippen LogP contribution in [0.15, 0.2) is 46.6 Å². The lowest BCUT2D eigenvalue weighted by Gasteiger charge is -2.63. The second kappa shape index (κ2) is 12.6. The molecule has 11 atom stereocenters. The highest BCUT2D eigenvalue weighted by Crippen LogP contribution is 2.73. The van der Waals surface area contributed by atoms with Crippen LogP contribution in [0.25, 0.3) is 0 Å². The van der Waals surface area contributed by atoms with Crippen molar-refractivity contribution >= 4 is 6.71 Å². The number of nitrogens with zero attached hydrogens (tertiary/aromatic N) is 2. The molecule has 8 fully saturated rings. The molecule has 3 heteroatoms. The quantitative estimate of drug-likeness (QED) is 0.271. The third-order valence-corrected chi connectivity index (χ3v) is 20.1. The van der Waals surface area contributed by atoms with Crippen molar-refractivity contribution in [3.63, 3.8) is 0 Å². The van der Waals surface area contributed by atoms with Gasteiger partial charge in [-0.1, -0.05) is 125 Å². The van der Waals surface area contributed by atoms with Crippen molar-refractivity contribution in [2.75, 3.05) is 0 Å². The fourth-order valence-electron chi connectivity index (χ4n) is 18.0. The predicted molar refractivity (Wildman–Crippen MR) is 218 cm³/mol. The highest BCUT2D eigenvalue weighted by atomic mass is 15.3. The zero-order chi connectivity index (χ0) is 34.9. The Morgan fingerprint density at radius 1 is 0.731 bits per heavy atom. The molecule has 2 nitrogen and oxygen atoms in total. The van der Waals surface area contributed by atoms with Crippen LogP contribution < -0.4 is 0 Å². The van der Waals surface area contributed by atoms with Gasteiger partial charge in [0, 0.05) is 35.4 Å². The standard InChI is InChI=1S/C49H73BN2/c1-31-32(2)51-42-29-37(34-19-11-6-12-20-34)30-43-45(42)50(41-28-36(27-39(31)46(41)51)33-17-9-5-10-18-33)40-24-23-38(35-21-13-7-14-22-35)44-47(40)52(43)48(3,4)49(44)25-15-8-16-26-49/h5,9,17,29,31-32,34-36,38-41,43-44,46-47H,6-8,10-16,18-28,30H2,1-4H3. The first-order chi connectivity index (χ1) is 25.4. The first-order valence-electron chi connectivity index (χ1n) is 23.8. The van der Waals surface area contributed by atoms with E-state index in [9.17, 15) is 0 Å². The third-order valence-electron chi connectivity index (χ3n) is 20.1. The van der Waals surface area contributed by atoms with Gasteiger partial charge in [-0.3, -0.25) is 4.90 Å². The van der Waals surface area contributed by atoms with Crippen LogP contribution in [0.2, 0.25) is 11.6 Å². The average Bonchev–Trinajstić information content (AvgIpc) is 3.56. The summed E-state index contributed by atoms with van der Waals surface area (Å²) in [7, 11) is 0. The second-order valence-corrected chi connectivity index (χ2v) is 21.8. The van der Waals surface area contributed by atoms with E-state index in [4.69, 9.17) is 0 Å². The third kappa shape index (κ3) is 4.65. The average molecular weight is 701 g/mol. The van der Waals surface area contributed by atoms with E-state index in [0.717, 1.165) is 71.9 Å². The monoisotopic (exact) mass is 701 g/mol. The molecule has 0 aromatic rings. The fourth-order valence-corrected chi connectivity index (χ4v) is 18.0. The number of hydrogen-bond acceptors (Lipinski definition) is 2. The summed E-state index contributed by atoms with van der Waals surface area (Å²) in [4.78, 5) is 6.64. The highest BCUT2D eigenvalue weighted by molar-refractivity contribution is 6.71. The van der Waals surface area contributed by atoms with Crippen LogP contribution in [0, 0.1) is 46.8 Å². The molecule has 52 heavy (non-hydrogen) atoms. The molecule has 0 radical (unpaired) electrons. The molecular formula is C49H73BN2. The van der Waals surface area contributed by atoms with E-state index in [-0.39, 0.29) is 0 Å². The number of hydrogen-bond donors (Lipinski definition) is 0. The zero-order valence-electron chi connectivity index (χ0n) is 33.8. The molecule has 11 unspecified atom stereocenters. The second-order valence-electron chi connectivity index (χ2n) is 21.8. The van der Waals surface area contributed by atoms with Crippen molar-refractivity contribution in [1.82, 2.24) is 9.80 Å². The van der Waals surface area contributed by atoms with Crippen LogP contribution in [0.5, 0.6) is 0 Å². The topological polar surface area (TPSA) is 6.48 Å². The van der Waals surface area contributed by atoms with Gasteiger partial charge in [0.1, 0.15) is 0 Å². The van der Waals surface area contributed by atoms with Crippen LogP contribution in [-0.2, 0) is 0 Å². The van der Waals surface area contributed by atoms with Gasteiger partial charge < -0.3 is 4.90 Å². The molecule has 0 bridgehead atoms. The maximum Gasteiger partial charge on any atom is 0.185 e. The Morgan fingerprint density at radius 2 is 1.48 bits per heavy atom. The number of allylic oxidation sites excluding steroid dienone is 5. The Balaban J connectivity index is 1.10. The molecule has 1 spiro atoms. The number of fused-ring (bicyclic) bond motifs is 5. The molecule has 4 heterocycles. The van der Waals surface area contributed by atoms with Crippen molar-refractivity contribution in [2.24, 2.45) is 46.8 Å². The first-order valence-corrected chi connectivity index (χ1v) is 23.8. The summed E-state index contributed by atoms with van der Waals surface area (Å²) in [6, 6.07) is 2.95. The van der Waals surface area contributed by atoms with Gasteiger partial charge >= 0.3 is 0 Å². The summed E-state index contributed by atoms with van der Waals surface area (Å²) < 4.78 is 0. The largest absolute Gasteiger partial charge is 0.366 e. The molecule has 3 saturated heterocycles. The Labute approximate surface area is 319 Å². The maximum absolute atomic E-state index is 3.45. The molecule has 0 aromatic carbocycles. The van der Waals surface area contributed by atoms with E-state index in [1.165, 1.54) is 122 Å². The van der Waals surface area contributed by atoms with Crippen LogP contribution in [0.4, 0.5) is 0 Å². The van der Waals surface area contributed by atoms with Crippen LogP contribution in [0.3, 0.4) is 0 Å². The minimum atomic E-state index is 0.290. The highest BCUT2D eigenvalue weighted by Gasteiger charge is 2.74. The molecule has 7 aliphatic carbocycles. The summed E-state index contributed by atoms with van der Waals surface area (Å²) in [5.74, 6) is 8.02. The molecule has 4 aliphatic heterocycles. The maximum atomic E-state index is 3.45. The van der Waals surface area contributed by atoms with Gasteiger partial charge in [-0.05, 0) is 143 Å².